The van der Waals surface area contributed by atoms with Gasteiger partial charge in [-0.25, -0.2) is 0 Å². The van der Waals surface area contributed by atoms with Crippen molar-refractivity contribution in [1.82, 2.24) is 9.36 Å². The molecule has 182 valence electrons. The van der Waals surface area contributed by atoms with Crippen LogP contribution in [0.4, 0.5) is 33.8 Å². The molecule has 0 radical (unpaired) electrons. The lowest BCUT2D eigenvalue weighted by atomic mass is 9.74. The molecule has 0 unspecified atom stereocenters. The van der Waals surface area contributed by atoms with E-state index < -0.39 is 0 Å². The average molecular weight is 501 g/mol. The van der Waals surface area contributed by atoms with Gasteiger partial charge in [0.05, 0.1) is 22.7 Å². The Balaban J connectivity index is 1.42. The highest BCUT2D eigenvalue weighted by Crippen LogP contribution is 2.54. The Morgan fingerprint density at radius 1 is 0.514 bits per heavy atom. The molecule has 0 amide bonds. The number of aromatic nitrogens is 2. The van der Waals surface area contributed by atoms with Gasteiger partial charge in [0.25, 0.3) is 0 Å². The average Bonchev–Trinajstić information content (AvgIpc) is 3.38. The molecule has 4 aromatic carbocycles. The first-order valence-corrected chi connectivity index (χ1v) is 13.5. The summed E-state index contributed by atoms with van der Waals surface area (Å²) in [5.74, 6) is 0.704. The van der Waals surface area contributed by atoms with Crippen LogP contribution in [0.25, 0.3) is 0 Å². The van der Waals surface area contributed by atoms with Gasteiger partial charge in [-0.2, -0.15) is 9.36 Å². The highest BCUT2D eigenvalue weighted by atomic mass is 32.1. The molecule has 2 aliphatic heterocycles. The van der Waals surface area contributed by atoms with Crippen LogP contribution in [0.1, 0.15) is 49.9 Å². The van der Waals surface area contributed by atoms with E-state index in [4.69, 9.17) is 9.36 Å². The highest BCUT2D eigenvalue weighted by molar-refractivity contribution is 7.10. The Kier molecular flexibility index (Phi) is 4.67. The number of nitrogens with zero attached hydrogens (tertiary/aromatic N) is 4. The molecule has 0 atom stereocenters. The van der Waals surface area contributed by atoms with E-state index in [1.165, 1.54) is 33.8 Å². The fraction of sp³-hybridized carbons (Fsp3) is 0.188. The maximum absolute atomic E-state index is 5.21. The molecular weight excluding hydrogens is 472 g/mol. The van der Waals surface area contributed by atoms with Crippen molar-refractivity contribution in [2.24, 2.45) is 0 Å². The van der Waals surface area contributed by atoms with Gasteiger partial charge < -0.3 is 0 Å². The zero-order valence-corrected chi connectivity index (χ0v) is 22.3. The zero-order chi connectivity index (χ0) is 25.4. The van der Waals surface area contributed by atoms with Gasteiger partial charge in [0, 0.05) is 22.4 Å². The Morgan fingerprint density at radius 2 is 0.865 bits per heavy atom. The van der Waals surface area contributed by atoms with Gasteiger partial charge in [0.2, 0.25) is 11.1 Å². The first-order chi connectivity index (χ1) is 17.9. The van der Waals surface area contributed by atoms with Gasteiger partial charge in [-0.15, -0.1) is 0 Å². The molecule has 5 heteroatoms. The van der Waals surface area contributed by atoms with E-state index in [1.807, 2.05) is 0 Å². The number of hydrogen-bond acceptors (Lipinski definition) is 5. The smallest absolute Gasteiger partial charge is 0.248 e. The standard InChI is InChI=1S/C32H28N4S/c1-31(2)21-13-5-9-17-25(21)35(26-18-10-6-14-22(26)31)29-33-30(37-34-29)36-27-19-11-7-15-23(27)32(3,4)24-16-8-12-20-28(24)36/h5-20H,1-4H3. The minimum Gasteiger partial charge on any atom is -0.285 e. The van der Waals surface area contributed by atoms with E-state index in [9.17, 15) is 0 Å². The molecule has 37 heavy (non-hydrogen) atoms. The number of para-hydroxylation sites is 4. The predicted octanol–water partition coefficient (Wildman–Crippen LogP) is 8.76. The zero-order valence-electron chi connectivity index (χ0n) is 21.4. The second-order valence-corrected chi connectivity index (χ2v) is 11.6. The summed E-state index contributed by atoms with van der Waals surface area (Å²) in [6.07, 6.45) is 0. The lowest BCUT2D eigenvalue weighted by Gasteiger charge is -2.41. The van der Waals surface area contributed by atoms with Crippen LogP contribution < -0.4 is 9.80 Å². The molecule has 0 fully saturated rings. The Labute approximate surface area is 222 Å². The van der Waals surface area contributed by atoms with Crippen molar-refractivity contribution in [1.29, 1.82) is 0 Å². The van der Waals surface area contributed by atoms with Crippen LogP contribution in [0.3, 0.4) is 0 Å². The summed E-state index contributed by atoms with van der Waals surface area (Å²) in [6, 6.07) is 34.6. The first kappa shape index (κ1) is 22.3. The molecule has 7 rings (SSSR count). The molecule has 2 aliphatic rings. The SMILES string of the molecule is CC1(C)c2ccccc2N(c2nsc(N3c4ccccc4C(C)(C)c4ccccc43)n2)c2ccccc21. The van der Waals surface area contributed by atoms with Crippen LogP contribution in [0.15, 0.2) is 97.1 Å². The third-order valence-corrected chi connectivity index (χ3v) is 8.76. The van der Waals surface area contributed by atoms with Crippen LogP contribution in [-0.2, 0) is 10.8 Å². The van der Waals surface area contributed by atoms with Crippen molar-refractivity contribution in [3.05, 3.63) is 119 Å². The van der Waals surface area contributed by atoms with Crippen LogP contribution >= 0.6 is 11.5 Å². The van der Waals surface area contributed by atoms with Crippen molar-refractivity contribution in [2.45, 2.75) is 38.5 Å². The summed E-state index contributed by atoms with van der Waals surface area (Å²) >= 11 is 1.45. The fourth-order valence-electron chi connectivity index (χ4n) is 6.15. The summed E-state index contributed by atoms with van der Waals surface area (Å²) < 4.78 is 4.96. The van der Waals surface area contributed by atoms with Gasteiger partial charge in [0.1, 0.15) is 0 Å². The molecule has 0 saturated heterocycles. The molecule has 0 spiro atoms. The normalized spacial score (nSPS) is 16.4. The quantitative estimate of drug-likeness (QED) is 0.242. The highest BCUT2D eigenvalue weighted by Gasteiger charge is 2.40. The Hall–Kier alpha value is -3.96. The van der Waals surface area contributed by atoms with Gasteiger partial charge in [-0.05, 0) is 46.5 Å². The summed E-state index contributed by atoms with van der Waals surface area (Å²) in [6.45, 7) is 9.20. The minimum absolute atomic E-state index is 0.104. The van der Waals surface area contributed by atoms with Crippen molar-refractivity contribution in [3.8, 4) is 0 Å². The molecule has 0 N–H and O–H groups in total. The van der Waals surface area contributed by atoms with Crippen LogP contribution in [0.2, 0.25) is 0 Å². The third-order valence-electron chi connectivity index (χ3n) is 8.07. The largest absolute Gasteiger partial charge is 0.285 e. The second kappa shape index (κ2) is 7.77. The van der Waals surface area contributed by atoms with Crippen molar-refractivity contribution >= 4 is 45.4 Å². The van der Waals surface area contributed by atoms with E-state index in [1.54, 1.807) is 0 Å². The molecule has 4 nitrogen and oxygen atoms in total. The molecule has 0 bridgehead atoms. The Bertz CT molecular complexity index is 1440. The topological polar surface area (TPSA) is 32.3 Å². The summed E-state index contributed by atoms with van der Waals surface area (Å²) in [5, 5.41) is 0.866. The second-order valence-electron chi connectivity index (χ2n) is 10.9. The summed E-state index contributed by atoms with van der Waals surface area (Å²) in [4.78, 5) is 9.71. The van der Waals surface area contributed by atoms with E-state index in [-0.39, 0.29) is 10.8 Å². The van der Waals surface area contributed by atoms with Crippen molar-refractivity contribution in [2.75, 3.05) is 9.80 Å². The van der Waals surface area contributed by atoms with Crippen LogP contribution in [-0.4, -0.2) is 9.36 Å². The molecule has 0 aliphatic carbocycles. The van der Waals surface area contributed by atoms with Crippen LogP contribution in [0, 0.1) is 0 Å². The monoisotopic (exact) mass is 500 g/mol. The van der Waals surface area contributed by atoms with Gasteiger partial charge in [0.15, 0.2) is 0 Å². The lowest BCUT2D eigenvalue weighted by molar-refractivity contribution is 0.630. The van der Waals surface area contributed by atoms with E-state index in [0.29, 0.717) is 5.95 Å². The molecule has 1 aromatic heterocycles. The van der Waals surface area contributed by atoms with Gasteiger partial charge >= 0.3 is 0 Å². The maximum atomic E-state index is 5.21. The predicted molar refractivity (Wildman–Crippen MR) is 154 cm³/mol. The van der Waals surface area contributed by atoms with E-state index in [0.717, 1.165) is 27.9 Å². The molecule has 5 aromatic rings. The van der Waals surface area contributed by atoms with Crippen molar-refractivity contribution in [3.63, 3.8) is 0 Å². The fourth-order valence-corrected chi connectivity index (χ4v) is 6.84. The summed E-state index contributed by atoms with van der Waals surface area (Å²) in [7, 11) is 0. The maximum Gasteiger partial charge on any atom is 0.248 e. The van der Waals surface area contributed by atoms with E-state index in [2.05, 4.69) is 135 Å². The lowest BCUT2D eigenvalue weighted by Crippen LogP contribution is -2.31. The number of anilines is 6. The molecule has 3 heterocycles. The summed E-state index contributed by atoms with van der Waals surface area (Å²) in [5.41, 5.74) is 9.52. The minimum atomic E-state index is -0.112. The number of benzene rings is 4. The van der Waals surface area contributed by atoms with Gasteiger partial charge in [-0.3, -0.25) is 9.80 Å². The Morgan fingerprint density at radius 3 is 1.27 bits per heavy atom. The third kappa shape index (κ3) is 3.07. The molecule has 0 saturated carbocycles. The van der Waals surface area contributed by atoms with Crippen LogP contribution in [0.5, 0.6) is 0 Å². The van der Waals surface area contributed by atoms with E-state index >= 15 is 0 Å². The van der Waals surface area contributed by atoms with Gasteiger partial charge in [-0.1, -0.05) is 100 Å². The number of rotatable bonds is 2. The number of fused-ring (bicyclic) bond motifs is 4. The van der Waals surface area contributed by atoms with Crippen molar-refractivity contribution < 1.29 is 0 Å². The molecular formula is C32H28N4S. The number of hydrogen-bond donors (Lipinski definition) is 0. The first-order valence-electron chi connectivity index (χ1n) is 12.7.